The SMILES string of the molecule is CN(CCCCOCC(=O)O)c1cnc(Cc2ccccc2)c(-c2ccccc2)n1.[H-].[Na+]. The Morgan fingerprint density at radius 2 is 1.74 bits per heavy atom. The molecule has 1 heterocycles. The van der Waals surface area contributed by atoms with Crippen LogP contribution in [-0.2, 0) is 16.0 Å². The van der Waals surface area contributed by atoms with Gasteiger partial charge in [-0.1, -0.05) is 60.7 Å². The topological polar surface area (TPSA) is 75.5 Å². The number of aromatic nitrogens is 2. The van der Waals surface area contributed by atoms with Crippen LogP contribution in [0.4, 0.5) is 5.82 Å². The largest absolute Gasteiger partial charge is 1.00 e. The first-order valence-corrected chi connectivity index (χ1v) is 10.1. The van der Waals surface area contributed by atoms with Gasteiger partial charge in [0.2, 0.25) is 0 Å². The van der Waals surface area contributed by atoms with Crippen molar-refractivity contribution in [2.45, 2.75) is 19.3 Å². The fourth-order valence-corrected chi connectivity index (χ4v) is 3.16. The van der Waals surface area contributed by atoms with E-state index < -0.39 is 5.97 Å². The van der Waals surface area contributed by atoms with Gasteiger partial charge in [-0.25, -0.2) is 9.78 Å². The van der Waals surface area contributed by atoms with Gasteiger partial charge in [-0.3, -0.25) is 4.98 Å². The Bertz CT molecular complexity index is 946. The summed E-state index contributed by atoms with van der Waals surface area (Å²) in [7, 11) is 1.99. The van der Waals surface area contributed by atoms with Gasteiger partial charge >= 0.3 is 35.5 Å². The van der Waals surface area contributed by atoms with Gasteiger partial charge in [0.15, 0.2) is 0 Å². The van der Waals surface area contributed by atoms with Crippen LogP contribution in [0.15, 0.2) is 66.9 Å². The predicted molar refractivity (Wildman–Crippen MR) is 119 cm³/mol. The first-order chi connectivity index (χ1) is 14.6. The van der Waals surface area contributed by atoms with Crippen LogP contribution in [0.2, 0.25) is 0 Å². The molecular formula is C24H28N3NaO3. The summed E-state index contributed by atoms with van der Waals surface area (Å²) in [5.74, 6) is -0.122. The summed E-state index contributed by atoms with van der Waals surface area (Å²) in [5, 5.41) is 8.59. The van der Waals surface area contributed by atoms with E-state index >= 15 is 0 Å². The van der Waals surface area contributed by atoms with Crippen LogP contribution in [-0.4, -0.2) is 47.8 Å². The number of benzene rings is 2. The molecule has 3 rings (SSSR count). The molecule has 158 valence electrons. The van der Waals surface area contributed by atoms with Crippen molar-refractivity contribution in [1.29, 1.82) is 0 Å². The minimum Gasteiger partial charge on any atom is -1.00 e. The van der Waals surface area contributed by atoms with Crippen LogP contribution in [0.3, 0.4) is 0 Å². The number of anilines is 1. The van der Waals surface area contributed by atoms with E-state index in [-0.39, 0.29) is 37.6 Å². The molecule has 0 spiro atoms. The molecule has 0 aliphatic rings. The number of carboxylic acids is 1. The maximum Gasteiger partial charge on any atom is 1.00 e. The predicted octanol–water partition coefficient (Wildman–Crippen LogP) is 1.17. The maximum absolute atomic E-state index is 10.5. The van der Waals surface area contributed by atoms with Gasteiger partial charge in [0, 0.05) is 32.2 Å². The molecule has 0 radical (unpaired) electrons. The molecule has 31 heavy (non-hydrogen) atoms. The molecule has 7 heteroatoms. The van der Waals surface area contributed by atoms with E-state index in [1.807, 2.05) is 49.6 Å². The van der Waals surface area contributed by atoms with Gasteiger partial charge in [0.25, 0.3) is 0 Å². The average molecular weight is 429 g/mol. The molecule has 0 atom stereocenters. The quantitative estimate of drug-likeness (QED) is 0.364. The third-order valence-electron chi connectivity index (χ3n) is 4.75. The Morgan fingerprint density at radius 1 is 1.06 bits per heavy atom. The van der Waals surface area contributed by atoms with E-state index in [0.29, 0.717) is 6.61 Å². The van der Waals surface area contributed by atoms with Gasteiger partial charge in [0.1, 0.15) is 12.4 Å². The van der Waals surface area contributed by atoms with Crippen LogP contribution >= 0.6 is 0 Å². The summed E-state index contributed by atoms with van der Waals surface area (Å²) < 4.78 is 5.09. The number of rotatable bonds is 11. The Kier molecular flexibility index (Phi) is 10.7. The van der Waals surface area contributed by atoms with Crippen LogP contribution in [0.1, 0.15) is 25.5 Å². The second-order valence-corrected chi connectivity index (χ2v) is 7.13. The van der Waals surface area contributed by atoms with Crippen molar-refractivity contribution >= 4 is 11.8 Å². The second-order valence-electron chi connectivity index (χ2n) is 7.13. The number of carbonyl (C=O) groups is 1. The summed E-state index contributed by atoms with van der Waals surface area (Å²) in [6, 6.07) is 20.4. The Morgan fingerprint density at radius 3 is 2.42 bits per heavy atom. The molecule has 0 saturated heterocycles. The van der Waals surface area contributed by atoms with Gasteiger partial charge in [-0.2, -0.15) is 0 Å². The van der Waals surface area contributed by atoms with Crippen LogP contribution in [0, 0.1) is 0 Å². The third-order valence-corrected chi connectivity index (χ3v) is 4.75. The van der Waals surface area contributed by atoms with E-state index in [9.17, 15) is 4.79 Å². The Balaban J connectivity index is 0.00000256. The summed E-state index contributed by atoms with van der Waals surface area (Å²) >= 11 is 0. The zero-order valence-electron chi connectivity index (χ0n) is 19.2. The average Bonchev–Trinajstić information content (AvgIpc) is 2.77. The smallest absolute Gasteiger partial charge is 1.00 e. The molecule has 0 aliphatic heterocycles. The Hall–Kier alpha value is -2.25. The summed E-state index contributed by atoms with van der Waals surface area (Å²) in [6.07, 6.45) is 4.22. The summed E-state index contributed by atoms with van der Waals surface area (Å²) in [4.78, 5) is 22.2. The molecule has 3 aromatic rings. The second kappa shape index (κ2) is 13.2. The van der Waals surface area contributed by atoms with Crippen LogP contribution in [0.25, 0.3) is 11.3 Å². The molecule has 1 N–H and O–H groups in total. The molecule has 0 amide bonds. The zero-order valence-corrected chi connectivity index (χ0v) is 20.2. The molecule has 0 bridgehead atoms. The van der Waals surface area contributed by atoms with Gasteiger partial charge in [-0.05, 0) is 18.4 Å². The van der Waals surface area contributed by atoms with Crippen LogP contribution in [0.5, 0.6) is 0 Å². The van der Waals surface area contributed by atoms with Gasteiger partial charge in [-0.15, -0.1) is 0 Å². The number of ether oxygens (including phenoxy) is 1. The van der Waals surface area contributed by atoms with E-state index in [4.69, 9.17) is 19.8 Å². The van der Waals surface area contributed by atoms with Crippen LogP contribution < -0.4 is 34.5 Å². The van der Waals surface area contributed by atoms with Crippen molar-refractivity contribution in [3.05, 3.63) is 78.1 Å². The van der Waals surface area contributed by atoms with Crippen molar-refractivity contribution in [2.24, 2.45) is 0 Å². The molecule has 6 nitrogen and oxygen atoms in total. The molecule has 0 fully saturated rings. The van der Waals surface area contributed by atoms with Crippen molar-refractivity contribution < 1.29 is 45.6 Å². The van der Waals surface area contributed by atoms with Gasteiger partial charge in [0.05, 0.1) is 17.6 Å². The van der Waals surface area contributed by atoms with Crippen molar-refractivity contribution in [3.63, 3.8) is 0 Å². The first-order valence-electron chi connectivity index (χ1n) is 10.1. The third kappa shape index (κ3) is 8.07. The Labute approximate surface area is 207 Å². The number of aliphatic carboxylic acids is 1. The van der Waals surface area contributed by atoms with Crippen molar-refractivity contribution in [3.8, 4) is 11.3 Å². The minimum absolute atomic E-state index is 0. The molecule has 0 saturated carbocycles. The van der Waals surface area contributed by atoms with E-state index in [0.717, 1.165) is 48.6 Å². The number of hydrogen-bond donors (Lipinski definition) is 1. The fraction of sp³-hybridized carbons (Fsp3) is 0.292. The first kappa shape index (κ1) is 25.0. The molecule has 1 aromatic heterocycles. The summed E-state index contributed by atoms with van der Waals surface area (Å²) in [5.41, 5.74) is 4.10. The van der Waals surface area contributed by atoms with E-state index in [2.05, 4.69) is 29.2 Å². The zero-order chi connectivity index (χ0) is 21.2. The van der Waals surface area contributed by atoms with E-state index in [1.54, 1.807) is 0 Å². The number of unbranched alkanes of at least 4 members (excludes halogenated alkanes) is 1. The van der Waals surface area contributed by atoms with Crippen molar-refractivity contribution in [1.82, 2.24) is 9.97 Å². The number of carboxylic acid groups (broad SMARTS) is 1. The fourth-order valence-electron chi connectivity index (χ4n) is 3.16. The molecule has 0 unspecified atom stereocenters. The normalized spacial score (nSPS) is 10.4. The van der Waals surface area contributed by atoms with E-state index in [1.165, 1.54) is 5.56 Å². The number of nitrogens with zero attached hydrogens (tertiary/aromatic N) is 3. The summed E-state index contributed by atoms with van der Waals surface area (Å²) in [6.45, 7) is 0.985. The van der Waals surface area contributed by atoms with Crippen molar-refractivity contribution in [2.75, 3.05) is 31.7 Å². The standard InChI is InChI=1S/C24H27N3O3.Na.H/c1-27(14-8-9-15-30-18-23(28)29)22-17-25-21(16-19-10-4-2-5-11-19)24(26-22)20-12-6-3-7-13-20;;/h2-7,10-13,17H,8-9,14-16,18H2,1H3,(H,28,29);;/q;+1;-1. The molecule has 0 aliphatic carbocycles. The monoisotopic (exact) mass is 429 g/mol. The molecular weight excluding hydrogens is 401 g/mol. The number of hydrogen-bond acceptors (Lipinski definition) is 5. The maximum atomic E-state index is 10.5. The minimum atomic E-state index is -0.938. The molecule has 2 aromatic carbocycles. The van der Waals surface area contributed by atoms with Gasteiger partial charge < -0.3 is 16.2 Å².